The van der Waals surface area contributed by atoms with Crippen molar-refractivity contribution in [1.82, 2.24) is 20.5 Å². The number of carbonyl (C=O) groups excluding carboxylic acids is 1. The minimum absolute atomic E-state index is 0.00599. The Morgan fingerprint density at radius 1 is 1.00 bits per heavy atom. The number of nitrogens with zero attached hydrogens (tertiary/aromatic N) is 2. The first-order valence-corrected chi connectivity index (χ1v) is 13.9. The van der Waals surface area contributed by atoms with E-state index in [1.165, 1.54) is 13.3 Å². The summed E-state index contributed by atoms with van der Waals surface area (Å²) in [5.74, 6) is 0.731. The molecule has 5 rings (SSSR count). The second-order valence-corrected chi connectivity index (χ2v) is 10.7. The van der Waals surface area contributed by atoms with Crippen LogP contribution < -0.4 is 5.32 Å². The number of aliphatic hydroxyl groups excluding tert-OH is 1. The number of hydrogen-bond acceptors (Lipinski definition) is 7. The molecule has 8 nitrogen and oxygen atoms in total. The van der Waals surface area contributed by atoms with Gasteiger partial charge in [0.15, 0.2) is 11.4 Å². The summed E-state index contributed by atoms with van der Waals surface area (Å²) < 4.78 is 13.1. The summed E-state index contributed by atoms with van der Waals surface area (Å²) in [5, 5.41) is 19.9. The van der Waals surface area contributed by atoms with Crippen molar-refractivity contribution in [2.24, 2.45) is 5.92 Å². The maximum absolute atomic E-state index is 11.3. The Labute approximate surface area is 232 Å². The minimum Gasteiger partial charge on any atom is -0.392 e. The molecule has 0 radical (unpaired) electrons. The standard InChI is InChI=1S/C30H32N4O4S/c1-19-27(17-39-30-32-18-33-34-30)37-29(38-28(19)24-8-6-21(16-35)7-9-24)25-12-10-23(11-13-25)26-5-3-4-22(14-26)15-31-20(2)36/h3-14,18-19,27-29,35H,15-17H2,1-2H3,(H,31,36)(H,32,33,34)/t19-,27+,28+,29+/m1/s1. The van der Waals surface area contributed by atoms with Crippen molar-refractivity contribution in [2.75, 3.05) is 5.75 Å². The zero-order valence-electron chi connectivity index (χ0n) is 21.9. The second kappa shape index (κ2) is 12.6. The zero-order chi connectivity index (χ0) is 27.2. The molecular formula is C30H32N4O4S. The van der Waals surface area contributed by atoms with Crippen molar-refractivity contribution in [3.8, 4) is 11.1 Å². The maximum Gasteiger partial charge on any atom is 0.217 e. The number of carbonyl (C=O) groups is 1. The fourth-order valence-corrected chi connectivity index (χ4v) is 5.60. The van der Waals surface area contributed by atoms with Crippen molar-refractivity contribution in [1.29, 1.82) is 0 Å². The van der Waals surface area contributed by atoms with Crippen LogP contribution in [0.3, 0.4) is 0 Å². The summed E-state index contributed by atoms with van der Waals surface area (Å²) in [7, 11) is 0. The number of aromatic nitrogens is 3. The van der Waals surface area contributed by atoms with Gasteiger partial charge in [-0.05, 0) is 33.9 Å². The molecule has 0 unspecified atom stereocenters. The Morgan fingerprint density at radius 3 is 2.46 bits per heavy atom. The first kappa shape index (κ1) is 27.1. The van der Waals surface area contributed by atoms with E-state index in [2.05, 4.69) is 51.7 Å². The zero-order valence-corrected chi connectivity index (χ0v) is 22.7. The number of aromatic amines is 1. The number of rotatable bonds is 9. The third kappa shape index (κ3) is 6.75. The van der Waals surface area contributed by atoms with Crippen LogP contribution in [0.15, 0.2) is 84.3 Å². The molecule has 0 spiro atoms. The van der Waals surface area contributed by atoms with Gasteiger partial charge in [0.2, 0.25) is 5.91 Å². The van der Waals surface area contributed by atoms with Gasteiger partial charge in [0, 0.05) is 30.7 Å². The smallest absolute Gasteiger partial charge is 0.217 e. The Balaban J connectivity index is 1.36. The Kier molecular flexibility index (Phi) is 8.73. The summed E-state index contributed by atoms with van der Waals surface area (Å²) in [6.45, 7) is 4.16. The Morgan fingerprint density at radius 2 is 1.77 bits per heavy atom. The van der Waals surface area contributed by atoms with E-state index >= 15 is 0 Å². The highest BCUT2D eigenvalue weighted by Crippen LogP contribution is 2.43. The summed E-state index contributed by atoms with van der Waals surface area (Å²) in [6.07, 6.45) is 0.694. The first-order valence-electron chi connectivity index (χ1n) is 12.9. The van der Waals surface area contributed by atoms with Crippen LogP contribution in [0.25, 0.3) is 11.1 Å². The van der Waals surface area contributed by atoms with E-state index in [0.29, 0.717) is 12.3 Å². The van der Waals surface area contributed by atoms with Crippen molar-refractivity contribution >= 4 is 17.7 Å². The average molecular weight is 545 g/mol. The van der Waals surface area contributed by atoms with E-state index in [1.807, 2.05) is 48.5 Å². The van der Waals surface area contributed by atoms with Crippen LogP contribution in [0.1, 0.15) is 48.5 Å². The highest BCUT2D eigenvalue weighted by molar-refractivity contribution is 7.99. The fraction of sp³-hybridized carbons (Fsp3) is 0.300. The predicted molar refractivity (Wildman–Crippen MR) is 149 cm³/mol. The van der Waals surface area contributed by atoms with E-state index < -0.39 is 6.29 Å². The molecule has 202 valence electrons. The van der Waals surface area contributed by atoms with Gasteiger partial charge in [0.25, 0.3) is 0 Å². The Hall–Kier alpha value is -3.50. The molecule has 1 aliphatic heterocycles. The number of benzene rings is 3. The summed E-state index contributed by atoms with van der Waals surface area (Å²) in [4.78, 5) is 15.5. The molecule has 1 fully saturated rings. The molecule has 3 N–H and O–H groups in total. The van der Waals surface area contributed by atoms with Crippen LogP contribution in [0.5, 0.6) is 0 Å². The molecular weight excluding hydrogens is 512 g/mol. The van der Waals surface area contributed by atoms with E-state index in [1.54, 1.807) is 11.8 Å². The molecule has 0 aliphatic carbocycles. The van der Waals surface area contributed by atoms with Gasteiger partial charge in [0.1, 0.15) is 6.33 Å². The van der Waals surface area contributed by atoms with Gasteiger partial charge in [-0.15, -0.1) is 0 Å². The first-order chi connectivity index (χ1) is 19.0. The van der Waals surface area contributed by atoms with Crippen LogP contribution in [-0.4, -0.2) is 38.1 Å². The number of H-pyrrole nitrogens is 1. The fourth-order valence-electron chi connectivity index (χ4n) is 4.65. The molecule has 2 heterocycles. The molecule has 3 aromatic carbocycles. The van der Waals surface area contributed by atoms with Crippen molar-refractivity contribution in [3.63, 3.8) is 0 Å². The number of amides is 1. The largest absolute Gasteiger partial charge is 0.392 e. The molecule has 4 aromatic rings. The Bertz CT molecular complexity index is 1360. The van der Waals surface area contributed by atoms with Crippen LogP contribution in [0.4, 0.5) is 0 Å². The summed E-state index contributed by atoms with van der Waals surface area (Å²) in [5.41, 5.74) is 6.04. The molecule has 1 aromatic heterocycles. The highest BCUT2D eigenvalue weighted by Gasteiger charge is 2.38. The number of thioether (sulfide) groups is 1. The molecule has 1 amide bonds. The van der Waals surface area contributed by atoms with Crippen LogP contribution in [-0.2, 0) is 27.4 Å². The molecule has 1 saturated heterocycles. The summed E-state index contributed by atoms with van der Waals surface area (Å²) >= 11 is 1.58. The summed E-state index contributed by atoms with van der Waals surface area (Å²) in [6, 6.07) is 24.3. The van der Waals surface area contributed by atoms with E-state index in [-0.39, 0.29) is 30.6 Å². The van der Waals surface area contributed by atoms with Crippen LogP contribution in [0.2, 0.25) is 0 Å². The lowest BCUT2D eigenvalue weighted by Gasteiger charge is -2.41. The number of nitrogens with one attached hydrogen (secondary N) is 2. The third-order valence-corrected chi connectivity index (χ3v) is 7.85. The maximum atomic E-state index is 11.3. The highest BCUT2D eigenvalue weighted by atomic mass is 32.2. The van der Waals surface area contributed by atoms with E-state index in [4.69, 9.17) is 9.47 Å². The van der Waals surface area contributed by atoms with E-state index in [0.717, 1.165) is 38.5 Å². The average Bonchev–Trinajstić information content (AvgIpc) is 3.50. The SMILES string of the molecule is CC(=O)NCc1cccc(-c2ccc([C@H]3O[C@@H](CSc4ncn[nH]4)[C@@H](C)[C@@H](c4ccc(CO)cc4)O3)cc2)c1. The molecule has 39 heavy (non-hydrogen) atoms. The lowest BCUT2D eigenvalue weighted by molar-refractivity contribution is -0.268. The van der Waals surface area contributed by atoms with Crippen LogP contribution in [0, 0.1) is 5.92 Å². The molecule has 1 aliphatic rings. The van der Waals surface area contributed by atoms with Crippen molar-refractivity contribution in [2.45, 2.75) is 50.7 Å². The third-order valence-electron chi connectivity index (χ3n) is 6.89. The van der Waals surface area contributed by atoms with Gasteiger partial charge in [-0.2, -0.15) is 5.10 Å². The molecule has 4 atom stereocenters. The van der Waals surface area contributed by atoms with Gasteiger partial charge < -0.3 is 19.9 Å². The predicted octanol–water partition coefficient (Wildman–Crippen LogP) is 5.18. The molecule has 0 bridgehead atoms. The second-order valence-electron chi connectivity index (χ2n) is 9.66. The van der Waals surface area contributed by atoms with Gasteiger partial charge in [-0.3, -0.25) is 9.89 Å². The van der Waals surface area contributed by atoms with Crippen molar-refractivity contribution < 1.29 is 19.4 Å². The lowest BCUT2D eigenvalue weighted by Crippen LogP contribution is -2.38. The lowest BCUT2D eigenvalue weighted by atomic mass is 9.91. The monoisotopic (exact) mass is 544 g/mol. The van der Waals surface area contributed by atoms with E-state index in [9.17, 15) is 9.90 Å². The quantitative estimate of drug-likeness (QED) is 0.249. The van der Waals surface area contributed by atoms with Gasteiger partial charge in [0.05, 0.1) is 18.8 Å². The van der Waals surface area contributed by atoms with Gasteiger partial charge in [-0.25, -0.2) is 4.98 Å². The number of ether oxygens (including phenoxy) is 2. The molecule has 9 heteroatoms. The van der Waals surface area contributed by atoms with Crippen molar-refractivity contribution in [3.05, 3.63) is 101 Å². The topological polar surface area (TPSA) is 109 Å². The van der Waals surface area contributed by atoms with Crippen LogP contribution >= 0.6 is 11.8 Å². The minimum atomic E-state index is -0.538. The van der Waals surface area contributed by atoms with Gasteiger partial charge in [-0.1, -0.05) is 85.4 Å². The number of hydrogen-bond donors (Lipinski definition) is 3. The van der Waals surface area contributed by atoms with Gasteiger partial charge >= 0.3 is 0 Å². The molecule has 0 saturated carbocycles. The normalized spacial score (nSPS) is 21.0. The number of aliphatic hydroxyl groups is 1.